The predicted octanol–water partition coefficient (Wildman–Crippen LogP) is 4.74. The van der Waals surface area contributed by atoms with Crippen LogP contribution < -0.4 is 20.1 Å². The highest BCUT2D eigenvalue weighted by Crippen LogP contribution is 2.36. The molecule has 9 nitrogen and oxygen atoms in total. The number of methoxy groups -OCH3 is 2. The molecule has 35 heavy (non-hydrogen) atoms. The zero-order valence-corrected chi connectivity index (χ0v) is 19.5. The van der Waals surface area contributed by atoms with Crippen LogP contribution in [0.4, 0.5) is 11.6 Å². The smallest absolute Gasteiger partial charge is 0.251 e. The number of nitrogens with one attached hydrogen (secondary N) is 4. The number of hydrogen-bond donors (Lipinski definition) is 4. The van der Waals surface area contributed by atoms with Gasteiger partial charge in [-0.2, -0.15) is 9.97 Å². The number of aromatic amines is 2. The molecule has 4 N–H and O–H groups in total. The second-order valence-electron chi connectivity index (χ2n) is 7.76. The molecule has 0 bridgehead atoms. The maximum absolute atomic E-state index is 11.9. The van der Waals surface area contributed by atoms with E-state index in [0.717, 1.165) is 27.8 Å². The number of carbonyl (C=O) groups is 1. The maximum Gasteiger partial charge on any atom is 0.251 e. The number of benzene rings is 2. The van der Waals surface area contributed by atoms with Gasteiger partial charge < -0.3 is 30.1 Å². The van der Waals surface area contributed by atoms with Gasteiger partial charge in [-0.1, -0.05) is 24.3 Å². The van der Waals surface area contributed by atoms with Crippen molar-refractivity contribution in [3.05, 3.63) is 72.6 Å². The van der Waals surface area contributed by atoms with Crippen LogP contribution in [-0.2, 0) is 0 Å². The van der Waals surface area contributed by atoms with Gasteiger partial charge in [-0.25, -0.2) is 0 Å². The number of H-pyrrole nitrogens is 2. The topological polar surface area (TPSA) is 117 Å². The third-order valence-electron chi connectivity index (χ3n) is 5.73. The summed E-state index contributed by atoms with van der Waals surface area (Å²) >= 11 is 0. The number of carbonyl (C=O) groups excluding carboxylic acids is 1. The molecule has 0 saturated heterocycles. The highest BCUT2D eigenvalue weighted by molar-refractivity contribution is 5.98. The number of aromatic nitrogens is 4. The molecule has 0 fully saturated rings. The van der Waals surface area contributed by atoms with Gasteiger partial charge in [0.05, 0.1) is 25.3 Å². The molecule has 3 heterocycles. The number of hydrogen-bond acceptors (Lipinski definition) is 6. The summed E-state index contributed by atoms with van der Waals surface area (Å²) in [5.74, 6) is 1.05. The highest BCUT2D eigenvalue weighted by atomic mass is 16.5. The van der Waals surface area contributed by atoms with E-state index in [2.05, 4.69) is 54.8 Å². The fourth-order valence-corrected chi connectivity index (χ4v) is 3.97. The minimum Gasteiger partial charge on any atom is -0.495 e. The molecule has 0 spiro atoms. The first-order valence-electron chi connectivity index (χ1n) is 11.0. The van der Waals surface area contributed by atoms with Crippen LogP contribution in [0.1, 0.15) is 10.4 Å². The van der Waals surface area contributed by atoms with Crippen molar-refractivity contribution in [2.45, 2.75) is 0 Å². The zero-order chi connectivity index (χ0) is 24.4. The van der Waals surface area contributed by atoms with E-state index in [0.29, 0.717) is 34.5 Å². The van der Waals surface area contributed by atoms with Crippen LogP contribution in [0.15, 0.2) is 67.0 Å². The number of nitrogens with zero attached hydrogens (tertiary/aromatic N) is 2. The Kier molecular flexibility index (Phi) is 5.80. The fraction of sp³-hybridized carbons (Fsp3) is 0.115. The number of amides is 1. The summed E-state index contributed by atoms with van der Waals surface area (Å²) < 4.78 is 11.1. The summed E-state index contributed by atoms with van der Waals surface area (Å²) in [5, 5.41) is 6.55. The average Bonchev–Trinajstić information content (AvgIpc) is 3.59. The summed E-state index contributed by atoms with van der Waals surface area (Å²) in [6.45, 7) is 0. The van der Waals surface area contributed by atoms with Crippen LogP contribution in [0, 0.1) is 0 Å². The predicted molar refractivity (Wildman–Crippen MR) is 135 cm³/mol. The van der Waals surface area contributed by atoms with Crippen LogP contribution >= 0.6 is 0 Å². The van der Waals surface area contributed by atoms with Gasteiger partial charge in [0, 0.05) is 36.3 Å². The molecule has 176 valence electrons. The van der Waals surface area contributed by atoms with Crippen molar-refractivity contribution in [2.24, 2.45) is 0 Å². The summed E-state index contributed by atoms with van der Waals surface area (Å²) in [6.07, 6.45) is 3.80. The Labute approximate surface area is 201 Å². The molecule has 0 saturated carbocycles. The minimum atomic E-state index is -0.200. The third-order valence-corrected chi connectivity index (χ3v) is 5.73. The summed E-state index contributed by atoms with van der Waals surface area (Å²) in [6, 6.07) is 17.4. The lowest BCUT2D eigenvalue weighted by atomic mass is 10.0. The summed E-state index contributed by atoms with van der Waals surface area (Å²) in [4.78, 5) is 27.6. The first-order chi connectivity index (χ1) is 17.1. The van der Waals surface area contributed by atoms with Crippen molar-refractivity contribution in [3.63, 3.8) is 0 Å². The van der Waals surface area contributed by atoms with Crippen LogP contribution in [0.5, 0.6) is 11.6 Å². The van der Waals surface area contributed by atoms with Crippen LogP contribution in [0.2, 0.25) is 0 Å². The van der Waals surface area contributed by atoms with E-state index in [9.17, 15) is 4.79 Å². The Morgan fingerprint density at radius 2 is 1.74 bits per heavy atom. The number of anilines is 2. The SMILES string of the molecule is CNC(=O)c1ccc(Nc2nc(OC)c3c(-c4ccc(-c5ccc[nH]5)cc4)c[nH]c3n2)c(OC)c1. The van der Waals surface area contributed by atoms with Gasteiger partial charge in [-0.3, -0.25) is 4.79 Å². The second-order valence-corrected chi connectivity index (χ2v) is 7.76. The molecule has 0 radical (unpaired) electrons. The molecule has 0 aliphatic rings. The lowest BCUT2D eigenvalue weighted by Gasteiger charge is -2.12. The van der Waals surface area contributed by atoms with Gasteiger partial charge in [-0.15, -0.1) is 0 Å². The molecule has 0 atom stereocenters. The molecular formula is C26H24N6O3. The fourth-order valence-electron chi connectivity index (χ4n) is 3.97. The van der Waals surface area contributed by atoms with E-state index in [1.165, 1.54) is 7.11 Å². The van der Waals surface area contributed by atoms with Gasteiger partial charge in [0.2, 0.25) is 11.8 Å². The van der Waals surface area contributed by atoms with Crippen molar-refractivity contribution < 1.29 is 14.3 Å². The lowest BCUT2D eigenvalue weighted by molar-refractivity contribution is 0.0963. The Hall–Kier alpha value is -4.79. The Bertz CT molecular complexity index is 1490. The van der Waals surface area contributed by atoms with Crippen molar-refractivity contribution in [1.82, 2.24) is 25.3 Å². The molecule has 0 unspecified atom stereocenters. The van der Waals surface area contributed by atoms with E-state index in [-0.39, 0.29) is 5.91 Å². The van der Waals surface area contributed by atoms with E-state index >= 15 is 0 Å². The van der Waals surface area contributed by atoms with E-state index in [1.54, 1.807) is 32.4 Å². The largest absolute Gasteiger partial charge is 0.495 e. The molecule has 3 aromatic heterocycles. The molecule has 1 amide bonds. The Morgan fingerprint density at radius 3 is 2.43 bits per heavy atom. The maximum atomic E-state index is 11.9. The molecule has 5 aromatic rings. The van der Waals surface area contributed by atoms with Crippen molar-refractivity contribution in [1.29, 1.82) is 0 Å². The van der Waals surface area contributed by atoms with E-state index < -0.39 is 0 Å². The quantitative estimate of drug-likeness (QED) is 0.274. The lowest BCUT2D eigenvalue weighted by Crippen LogP contribution is -2.17. The first kappa shape index (κ1) is 22.0. The van der Waals surface area contributed by atoms with E-state index in [1.807, 2.05) is 24.5 Å². The summed E-state index contributed by atoms with van der Waals surface area (Å²) in [7, 11) is 4.70. The van der Waals surface area contributed by atoms with Gasteiger partial charge in [0.15, 0.2) is 0 Å². The monoisotopic (exact) mass is 468 g/mol. The van der Waals surface area contributed by atoms with E-state index in [4.69, 9.17) is 9.47 Å². The van der Waals surface area contributed by atoms with Crippen molar-refractivity contribution >= 4 is 28.6 Å². The number of rotatable bonds is 7. The minimum absolute atomic E-state index is 0.200. The van der Waals surface area contributed by atoms with Gasteiger partial charge in [-0.05, 0) is 41.5 Å². The third kappa shape index (κ3) is 4.15. The second kappa shape index (κ2) is 9.22. The first-order valence-corrected chi connectivity index (χ1v) is 11.0. The Morgan fingerprint density at radius 1 is 0.943 bits per heavy atom. The van der Waals surface area contributed by atoms with Crippen LogP contribution in [0.25, 0.3) is 33.4 Å². The van der Waals surface area contributed by atoms with Gasteiger partial charge in [0.25, 0.3) is 5.91 Å². The van der Waals surface area contributed by atoms with Crippen LogP contribution in [0.3, 0.4) is 0 Å². The van der Waals surface area contributed by atoms with Gasteiger partial charge >= 0.3 is 0 Å². The standard InChI is InChI=1S/C26H24N6O3/c1-27-24(33)17-10-11-20(21(13-17)34-2)30-26-31-23-22(25(32-26)35-3)18(14-29-23)15-6-8-16(9-7-15)19-5-4-12-28-19/h4-14,28H,1-3H3,(H,27,33)(H2,29,30,31,32). The number of ether oxygens (including phenoxy) is 2. The zero-order valence-electron chi connectivity index (χ0n) is 19.5. The van der Waals surface area contributed by atoms with Crippen molar-refractivity contribution in [2.75, 3.05) is 26.6 Å². The average molecular weight is 469 g/mol. The van der Waals surface area contributed by atoms with Crippen molar-refractivity contribution in [3.8, 4) is 34.0 Å². The number of fused-ring (bicyclic) bond motifs is 1. The normalized spacial score (nSPS) is 10.8. The molecule has 2 aromatic carbocycles. The molecular weight excluding hydrogens is 444 g/mol. The summed E-state index contributed by atoms with van der Waals surface area (Å²) in [5.41, 5.74) is 5.85. The highest BCUT2D eigenvalue weighted by Gasteiger charge is 2.17. The molecule has 5 rings (SSSR count). The molecule has 0 aliphatic carbocycles. The molecule has 9 heteroatoms. The van der Waals surface area contributed by atoms with Crippen LogP contribution in [-0.4, -0.2) is 47.1 Å². The van der Waals surface area contributed by atoms with Gasteiger partial charge in [0.1, 0.15) is 11.4 Å². The molecule has 0 aliphatic heterocycles. The Balaban J connectivity index is 1.49.